The molecule has 0 bridgehead atoms. The fraction of sp³-hybridized carbons (Fsp3) is 0.675. The Balaban J connectivity index is 2.28. The number of nitrogens with zero attached hydrogens (tertiary/aromatic N) is 3. The second-order valence-electron chi connectivity index (χ2n) is 16.0. The summed E-state index contributed by atoms with van der Waals surface area (Å²) in [5.74, 6) is 8.95. The number of ether oxygens (including phenoxy) is 1. The number of hydrogen-bond donors (Lipinski definition) is 2. The average molecular weight is 768 g/mol. The van der Waals surface area contributed by atoms with Crippen molar-refractivity contribution in [1.82, 2.24) is 14.2 Å². The first-order chi connectivity index (χ1) is 24.9. The van der Waals surface area contributed by atoms with Crippen molar-refractivity contribution in [3.63, 3.8) is 0 Å². The molecule has 2 aromatic rings. The van der Waals surface area contributed by atoms with Crippen LogP contribution in [0.2, 0.25) is 18.1 Å². The summed E-state index contributed by atoms with van der Waals surface area (Å²) in [6.45, 7) is 32.9. The summed E-state index contributed by atoms with van der Waals surface area (Å²) in [7, 11) is -4.08. The molecule has 3 heterocycles. The van der Waals surface area contributed by atoms with E-state index >= 15 is 0 Å². The summed E-state index contributed by atoms with van der Waals surface area (Å²) >= 11 is 0. The fourth-order valence-electron chi connectivity index (χ4n) is 5.96. The van der Waals surface area contributed by atoms with Gasteiger partial charge in [-0.25, -0.2) is 11.2 Å². The lowest BCUT2D eigenvalue weighted by Crippen LogP contribution is -2.49. The number of pyridine rings is 1. The van der Waals surface area contributed by atoms with Crippen LogP contribution >= 0.6 is 8.53 Å². The highest BCUT2D eigenvalue weighted by Gasteiger charge is 2.53. The summed E-state index contributed by atoms with van der Waals surface area (Å²) in [5, 5.41) is 3.14. The van der Waals surface area contributed by atoms with Gasteiger partial charge in [-0.3, -0.25) is 9.59 Å². The zero-order valence-electron chi connectivity index (χ0n) is 34.0. The van der Waals surface area contributed by atoms with Crippen molar-refractivity contribution in [3.8, 4) is 24.2 Å². The molecule has 0 aromatic carbocycles. The predicted molar refractivity (Wildman–Crippen MR) is 218 cm³/mol. The monoisotopic (exact) mass is 767 g/mol. The van der Waals surface area contributed by atoms with Crippen LogP contribution in [-0.4, -0.2) is 72.0 Å². The molecule has 1 saturated heterocycles. The maximum absolute atomic E-state index is 13.8. The predicted octanol–water partition coefficient (Wildman–Crippen LogP) is 8.83. The number of nitrogens with one attached hydrogen (secondary N) is 2. The number of terminal acetylenes is 1. The van der Waals surface area contributed by atoms with Gasteiger partial charge in [0.1, 0.15) is 24.6 Å². The Morgan fingerprint density at radius 2 is 1.83 bits per heavy atom. The van der Waals surface area contributed by atoms with Crippen molar-refractivity contribution in [3.05, 3.63) is 39.6 Å². The Morgan fingerprint density at radius 1 is 1.17 bits per heavy atom. The topological polar surface area (TPSA) is 111 Å². The van der Waals surface area contributed by atoms with Gasteiger partial charge in [0.05, 0.1) is 22.6 Å². The van der Waals surface area contributed by atoms with Gasteiger partial charge in [-0.05, 0) is 65.1 Å². The number of unbranched alkanes of at least 4 members (excludes halogenated alkanes) is 3. The third-order valence-corrected chi connectivity index (χ3v) is 16.4. The van der Waals surface area contributed by atoms with Crippen LogP contribution in [0.3, 0.4) is 0 Å². The maximum atomic E-state index is 13.8. The summed E-state index contributed by atoms with van der Waals surface area (Å²) < 4.78 is 31.9. The molecule has 1 fully saturated rings. The van der Waals surface area contributed by atoms with E-state index in [1.54, 1.807) is 19.9 Å². The van der Waals surface area contributed by atoms with E-state index < -0.39 is 35.3 Å². The molecule has 0 radical (unpaired) electrons. The highest BCUT2D eigenvalue weighted by molar-refractivity contribution is 7.44. The molecule has 0 spiro atoms. The number of fused-ring (bicyclic) bond motifs is 1. The van der Waals surface area contributed by atoms with Crippen molar-refractivity contribution in [2.24, 2.45) is 5.92 Å². The van der Waals surface area contributed by atoms with Crippen LogP contribution in [0, 0.1) is 36.7 Å². The highest BCUT2D eigenvalue weighted by atomic mass is 31.2. The molecule has 2 unspecified atom stereocenters. The quantitative estimate of drug-likeness (QED) is 0.0544. The third-order valence-electron chi connectivity index (χ3n) is 9.77. The lowest BCUT2D eigenvalue weighted by Gasteiger charge is -2.42. The van der Waals surface area contributed by atoms with E-state index in [1.165, 1.54) is 0 Å². The van der Waals surface area contributed by atoms with Crippen molar-refractivity contribution in [1.29, 1.82) is 0 Å². The van der Waals surface area contributed by atoms with Gasteiger partial charge in [0.2, 0.25) is 12.5 Å². The molecule has 2 N–H and O–H groups in total. The Kier molecular flexibility index (Phi) is 16.4. The normalized spacial score (nSPS) is 19.8. The van der Waals surface area contributed by atoms with Gasteiger partial charge < -0.3 is 37.9 Å². The minimum atomic E-state index is -2.46. The zero-order valence-corrected chi connectivity index (χ0v) is 35.9. The molecule has 1 amide bonds. The first-order valence-corrected chi connectivity index (χ1v) is 23.0. The molecule has 11 nitrogen and oxygen atoms in total. The van der Waals surface area contributed by atoms with Crippen molar-refractivity contribution >= 4 is 39.5 Å². The van der Waals surface area contributed by atoms with Gasteiger partial charge >= 0.3 is 0 Å². The first-order valence-electron chi connectivity index (χ1n) is 18.9. The lowest BCUT2D eigenvalue weighted by molar-refractivity contribution is -0.118. The van der Waals surface area contributed by atoms with Gasteiger partial charge in [0.25, 0.3) is 14.1 Å². The molecule has 3 rings (SSSR count). The molecule has 0 saturated carbocycles. The molecule has 2 aromatic heterocycles. The van der Waals surface area contributed by atoms with Gasteiger partial charge in [-0.2, -0.15) is 0 Å². The summed E-state index contributed by atoms with van der Waals surface area (Å²) in [6.07, 6.45) is 8.79. The molecule has 53 heavy (non-hydrogen) atoms. The number of amides is 1. The van der Waals surface area contributed by atoms with Crippen molar-refractivity contribution in [2.45, 2.75) is 156 Å². The van der Waals surface area contributed by atoms with E-state index in [2.05, 4.69) is 106 Å². The van der Waals surface area contributed by atoms with Crippen molar-refractivity contribution in [2.75, 3.05) is 18.5 Å². The van der Waals surface area contributed by atoms with Crippen LogP contribution in [0.15, 0.2) is 17.1 Å². The molecule has 0 aliphatic carbocycles. The SMILES string of the molecule is [C-]#[N+]CCOP(OC1[C@@H](CC)O[C@@H](n2cc(C#CCCCCC#C)c3c(=O)[nH]c(NC(=O)C(C)C)cc32)[C@H]1O[Si](C)(C)C(C)(C)C)N(C(C)C)C(C)C. The van der Waals surface area contributed by atoms with E-state index in [1.807, 2.05) is 10.8 Å². The minimum Gasteiger partial charge on any atom is -0.407 e. The van der Waals surface area contributed by atoms with Crippen LogP contribution in [0.5, 0.6) is 0 Å². The number of carbonyl (C=O) groups is 1. The summed E-state index contributed by atoms with van der Waals surface area (Å²) in [4.78, 5) is 33.0. The largest absolute Gasteiger partial charge is 0.407 e. The summed E-state index contributed by atoms with van der Waals surface area (Å²) in [5.41, 5.74) is 0.760. The lowest BCUT2D eigenvalue weighted by atomic mass is 10.1. The minimum absolute atomic E-state index is 0.110. The fourth-order valence-corrected chi connectivity index (χ4v) is 9.00. The molecular formula is C40H62N5O6PSi. The second-order valence-corrected chi connectivity index (χ2v) is 22.1. The Morgan fingerprint density at radius 3 is 2.40 bits per heavy atom. The first kappa shape index (κ1) is 44.4. The van der Waals surface area contributed by atoms with Gasteiger partial charge in [-0.15, -0.1) is 12.3 Å². The van der Waals surface area contributed by atoms with Gasteiger partial charge in [0, 0.05) is 43.1 Å². The molecular weight excluding hydrogens is 706 g/mol. The smallest absolute Gasteiger partial charge is 0.260 e. The number of aromatic nitrogens is 2. The molecule has 1 aliphatic rings. The maximum Gasteiger partial charge on any atom is 0.260 e. The third kappa shape index (κ3) is 11.3. The van der Waals surface area contributed by atoms with Gasteiger partial charge in [-0.1, -0.05) is 53.4 Å². The number of H-pyrrole nitrogens is 1. The zero-order chi connectivity index (χ0) is 39.7. The van der Waals surface area contributed by atoms with Crippen LogP contribution in [0.4, 0.5) is 5.82 Å². The summed E-state index contributed by atoms with van der Waals surface area (Å²) in [6, 6.07) is 2.00. The van der Waals surface area contributed by atoms with Crippen LogP contribution < -0.4 is 10.9 Å². The van der Waals surface area contributed by atoms with E-state index in [0.717, 1.165) is 12.8 Å². The van der Waals surface area contributed by atoms with Crippen LogP contribution in [0.1, 0.15) is 113 Å². The van der Waals surface area contributed by atoms with Crippen LogP contribution in [-0.2, 0) is 23.0 Å². The number of hydrogen-bond acceptors (Lipinski definition) is 7. The average Bonchev–Trinajstić information content (AvgIpc) is 3.58. The number of anilines is 1. The highest BCUT2D eigenvalue weighted by Crippen LogP contribution is 2.52. The van der Waals surface area contributed by atoms with E-state index in [9.17, 15) is 9.59 Å². The Labute approximate surface area is 320 Å². The Bertz CT molecular complexity index is 1730. The van der Waals surface area contributed by atoms with E-state index in [4.69, 9.17) is 31.2 Å². The molecule has 1 aliphatic heterocycles. The van der Waals surface area contributed by atoms with E-state index in [-0.39, 0.29) is 59.6 Å². The Hall–Kier alpha value is -2.98. The molecule has 292 valence electrons. The van der Waals surface area contributed by atoms with Crippen LogP contribution in [0.25, 0.3) is 15.7 Å². The second kappa shape index (κ2) is 19.6. The number of carbonyl (C=O) groups excluding carboxylic acids is 1. The van der Waals surface area contributed by atoms with Gasteiger partial charge in [0.15, 0.2) is 14.5 Å². The number of rotatable bonds is 17. The number of aromatic amines is 1. The molecule has 13 heteroatoms. The molecule has 5 atom stereocenters. The van der Waals surface area contributed by atoms with Crippen molar-refractivity contribution < 1.29 is 23.0 Å². The van der Waals surface area contributed by atoms with E-state index in [0.29, 0.717) is 35.7 Å². The standard InChI is InChI=1S/C40H62N5O6PSi/c1-15-17-18-19-20-21-22-30-26-44(31-25-33(42-37(46)27(3)4)43-38(47)34(30)31)39-36(51-53(13,14)40(9,10)11)35(32(16-2)49-39)50-52(48-24-23-41-12)45(28(5)6)29(7)8/h1,25-29,32,35-36,39H,16-20,23-24H2,2-11,13-14H3,(H2,42,43,46,47)/t32-,35?,36+,39-,52?/m1/s1.